The van der Waals surface area contributed by atoms with Crippen molar-refractivity contribution in [3.63, 3.8) is 0 Å². The van der Waals surface area contributed by atoms with Crippen molar-refractivity contribution in [3.05, 3.63) is 12.7 Å². The zero-order chi connectivity index (χ0) is 11.8. The number of carbonyl (C=O) groups is 1. The molecule has 0 radical (unpaired) electrons. The maximum absolute atomic E-state index is 11.3. The average molecular weight is 226 g/mol. The molecule has 0 aliphatic carbocycles. The molecule has 0 bridgehead atoms. The molecular formula is C12H22N2O2. The van der Waals surface area contributed by atoms with E-state index in [1.165, 1.54) is 0 Å². The van der Waals surface area contributed by atoms with Gasteiger partial charge in [-0.25, -0.2) is 0 Å². The fourth-order valence-electron chi connectivity index (χ4n) is 1.88. The summed E-state index contributed by atoms with van der Waals surface area (Å²) in [5.74, 6) is 0.653. The maximum atomic E-state index is 11.3. The fourth-order valence-corrected chi connectivity index (χ4v) is 1.88. The summed E-state index contributed by atoms with van der Waals surface area (Å²) in [6, 6.07) is 0.374. The van der Waals surface area contributed by atoms with Gasteiger partial charge >= 0.3 is 0 Å². The summed E-state index contributed by atoms with van der Waals surface area (Å²) in [6.07, 6.45) is 3.85. The molecule has 1 atom stereocenters. The predicted octanol–water partition coefficient (Wildman–Crippen LogP) is 0.693. The Morgan fingerprint density at radius 2 is 2.25 bits per heavy atom. The number of amides is 1. The Labute approximate surface area is 97.4 Å². The third-order valence-corrected chi connectivity index (χ3v) is 3.00. The zero-order valence-electron chi connectivity index (χ0n) is 10.00. The van der Waals surface area contributed by atoms with Gasteiger partial charge < -0.3 is 15.4 Å². The number of carbonyl (C=O) groups excluding carboxylic acids is 1. The zero-order valence-corrected chi connectivity index (χ0v) is 10.00. The van der Waals surface area contributed by atoms with Crippen LogP contribution in [-0.2, 0) is 9.53 Å². The first-order chi connectivity index (χ1) is 7.74. The van der Waals surface area contributed by atoms with Crippen molar-refractivity contribution in [3.8, 4) is 0 Å². The van der Waals surface area contributed by atoms with E-state index in [0.717, 1.165) is 26.1 Å². The van der Waals surface area contributed by atoms with Crippen LogP contribution in [0, 0.1) is 5.92 Å². The molecule has 1 aliphatic rings. The Morgan fingerprint density at radius 1 is 1.56 bits per heavy atom. The lowest BCUT2D eigenvalue weighted by Gasteiger charge is -2.28. The first-order valence-corrected chi connectivity index (χ1v) is 5.92. The van der Waals surface area contributed by atoms with Crippen LogP contribution in [0.25, 0.3) is 0 Å². The highest BCUT2D eigenvalue weighted by atomic mass is 16.5. The molecular weight excluding hydrogens is 204 g/mol. The van der Waals surface area contributed by atoms with Gasteiger partial charge in [0.2, 0.25) is 5.91 Å². The van der Waals surface area contributed by atoms with Gasteiger partial charge in [0.1, 0.15) is 0 Å². The first-order valence-electron chi connectivity index (χ1n) is 5.92. The standard InChI is InChI=1S/C12H22N2O2/c1-3-6-13-12(15)9-14-10(2)11-4-7-16-8-5-11/h3,10-11,14H,1,4-9H2,2H3,(H,13,15)/t10-/m0/s1. The van der Waals surface area contributed by atoms with E-state index < -0.39 is 0 Å². The van der Waals surface area contributed by atoms with Crippen LogP contribution in [0.4, 0.5) is 0 Å². The first kappa shape index (κ1) is 13.2. The topological polar surface area (TPSA) is 50.4 Å². The van der Waals surface area contributed by atoms with E-state index in [0.29, 0.717) is 25.0 Å². The van der Waals surface area contributed by atoms with Gasteiger partial charge in [-0.2, -0.15) is 0 Å². The van der Waals surface area contributed by atoms with Gasteiger partial charge in [-0.15, -0.1) is 6.58 Å². The number of rotatable bonds is 6. The molecule has 0 aromatic carbocycles. The molecule has 16 heavy (non-hydrogen) atoms. The van der Waals surface area contributed by atoms with Crippen molar-refractivity contribution >= 4 is 5.91 Å². The second-order valence-electron chi connectivity index (χ2n) is 4.21. The minimum atomic E-state index is 0.0267. The SMILES string of the molecule is C=CCNC(=O)CN[C@@H](C)C1CCOCC1. The minimum absolute atomic E-state index is 0.0267. The monoisotopic (exact) mass is 226 g/mol. The van der Waals surface area contributed by atoms with Crippen molar-refractivity contribution in [2.24, 2.45) is 5.92 Å². The van der Waals surface area contributed by atoms with Crippen molar-refractivity contribution in [2.75, 3.05) is 26.3 Å². The Bertz CT molecular complexity index is 225. The molecule has 0 unspecified atom stereocenters. The Hall–Kier alpha value is -0.870. The van der Waals surface area contributed by atoms with Crippen molar-refractivity contribution < 1.29 is 9.53 Å². The Kier molecular flexibility index (Phi) is 6.11. The molecule has 4 heteroatoms. The van der Waals surface area contributed by atoms with Gasteiger partial charge in [-0.05, 0) is 25.7 Å². The van der Waals surface area contributed by atoms with E-state index >= 15 is 0 Å². The normalized spacial score (nSPS) is 19.1. The molecule has 0 spiro atoms. The van der Waals surface area contributed by atoms with Crippen molar-refractivity contribution in [1.29, 1.82) is 0 Å². The quantitative estimate of drug-likeness (QED) is 0.655. The smallest absolute Gasteiger partial charge is 0.234 e. The van der Waals surface area contributed by atoms with Crippen LogP contribution in [0.5, 0.6) is 0 Å². The van der Waals surface area contributed by atoms with Crippen LogP contribution in [0.1, 0.15) is 19.8 Å². The second kappa shape index (κ2) is 7.41. The van der Waals surface area contributed by atoms with Crippen LogP contribution in [-0.4, -0.2) is 38.3 Å². The highest BCUT2D eigenvalue weighted by Gasteiger charge is 2.20. The van der Waals surface area contributed by atoms with E-state index in [2.05, 4.69) is 24.1 Å². The van der Waals surface area contributed by atoms with Gasteiger partial charge in [-0.3, -0.25) is 4.79 Å². The van der Waals surface area contributed by atoms with E-state index in [-0.39, 0.29) is 5.91 Å². The van der Waals surface area contributed by atoms with Crippen LogP contribution in [0.3, 0.4) is 0 Å². The summed E-state index contributed by atoms with van der Waals surface area (Å²) in [6.45, 7) is 8.30. The number of ether oxygens (including phenoxy) is 1. The molecule has 1 saturated heterocycles. The van der Waals surface area contributed by atoms with Crippen LogP contribution in [0.2, 0.25) is 0 Å². The Balaban J connectivity index is 2.15. The van der Waals surface area contributed by atoms with Crippen LogP contribution >= 0.6 is 0 Å². The van der Waals surface area contributed by atoms with Gasteiger partial charge in [0, 0.05) is 25.8 Å². The molecule has 1 rings (SSSR count). The van der Waals surface area contributed by atoms with Crippen LogP contribution < -0.4 is 10.6 Å². The molecule has 2 N–H and O–H groups in total. The number of hydrogen-bond acceptors (Lipinski definition) is 3. The summed E-state index contributed by atoms with van der Waals surface area (Å²) in [7, 11) is 0. The lowest BCUT2D eigenvalue weighted by atomic mass is 9.93. The lowest BCUT2D eigenvalue weighted by Crippen LogP contribution is -2.42. The molecule has 1 fully saturated rings. The van der Waals surface area contributed by atoms with Gasteiger partial charge in [0.15, 0.2) is 0 Å². The molecule has 92 valence electrons. The summed E-state index contributed by atoms with van der Waals surface area (Å²) in [4.78, 5) is 11.3. The van der Waals surface area contributed by atoms with E-state index in [1.54, 1.807) is 6.08 Å². The molecule has 1 amide bonds. The lowest BCUT2D eigenvalue weighted by molar-refractivity contribution is -0.120. The Morgan fingerprint density at radius 3 is 2.88 bits per heavy atom. The second-order valence-corrected chi connectivity index (χ2v) is 4.21. The third kappa shape index (κ3) is 4.77. The van der Waals surface area contributed by atoms with Gasteiger partial charge in [-0.1, -0.05) is 6.08 Å². The molecule has 1 heterocycles. The molecule has 1 aliphatic heterocycles. The maximum Gasteiger partial charge on any atom is 0.234 e. The predicted molar refractivity (Wildman–Crippen MR) is 64.2 cm³/mol. The summed E-state index contributed by atoms with van der Waals surface area (Å²) in [5, 5.41) is 6.01. The minimum Gasteiger partial charge on any atom is -0.381 e. The number of nitrogens with one attached hydrogen (secondary N) is 2. The van der Waals surface area contributed by atoms with Crippen molar-refractivity contribution in [2.45, 2.75) is 25.8 Å². The molecule has 0 saturated carbocycles. The summed E-state index contributed by atoms with van der Waals surface area (Å²) < 4.78 is 5.31. The van der Waals surface area contributed by atoms with E-state index in [1.807, 2.05) is 0 Å². The van der Waals surface area contributed by atoms with E-state index in [9.17, 15) is 4.79 Å². The molecule has 4 nitrogen and oxygen atoms in total. The highest BCUT2D eigenvalue weighted by molar-refractivity contribution is 5.78. The van der Waals surface area contributed by atoms with Crippen molar-refractivity contribution in [1.82, 2.24) is 10.6 Å². The summed E-state index contributed by atoms with van der Waals surface area (Å²) in [5.41, 5.74) is 0. The van der Waals surface area contributed by atoms with Gasteiger partial charge in [0.25, 0.3) is 0 Å². The molecule has 0 aromatic heterocycles. The molecule has 0 aromatic rings. The largest absolute Gasteiger partial charge is 0.381 e. The number of hydrogen-bond donors (Lipinski definition) is 2. The third-order valence-electron chi connectivity index (χ3n) is 3.00. The fraction of sp³-hybridized carbons (Fsp3) is 0.750. The van der Waals surface area contributed by atoms with E-state index in [4.69, 9.17) is 4.74 Å². The van der Waals surface area contributed by atoms with Crippen LogP contribution in [0.15, 0.2) is 12.7 Å². The summed E-state index contributed by atoms with van der Waals surface area (Å²) >= 11 is 0. The van der Waals surface area contributed by atoms with Gasteiger partial charge in [0.05, 0.1) is 6.54 Å². The average Bonchev–Trinajstić information content (AvgIpc) is 2.34. The highest BCUT2D eigenvalue weighted by Crippen LogP contribution is 2.18.